The number of fused-ring (bicyclic) bond motifs is 1. The summed E-state index contributed by atoms with van der Waals surface area (Å²) in [4.78, 5) is 22.4. The van der Waals surface area contributed by atoms with Gasteiger partial charge in [0.1, 0.15) is 9.71 Å². The molecule has 0 bridgehead atoms. The van der Waals surface area contributed by atoms with Crippen molar-refractivity contribution < 1.29 is 4.79 Å². The van der Waals surface area contributed by atoms with Crippen molar-refractivity contribution in [3.8, 4) is 11.3 Å². The van der Waals surface area contributed by atoms with Crippen molar-refractivity contribution >= 4 is 62.0 Å². The number of carbonyl (C=O) groups excluding carboxylic acids is 1. The molecule has 3 aromatic heterocycles. The molecule has 27 heavy (non-hydrogen) atoms. The Morgan fingerprint density at radius 2 is 1.81 bits per heavy atom. The zero-order valence-electron chi connectivity index (χ0n) is 13.7. The first-order chi connectivity index (χ1) is 13.0. The minimum Gasteiger partial charge on any atom is -0.397 e. The first-order valence-corrected chi connectivity index (χ1v) is 9.46. The summed E-state index contributed by atoms with van der Waals surface area (Å²) in [6.07, 6.45) is 3.42. The summed E-state index contributed by atoms with van der Waals surface area (Å²) in [7, 11) is 0. The quantitative estimate of drug-likeness (QED) is 0.463. The van der Waals surface area contributed by atoms with E-state index >= 15 is 0 Å². The van der Waals surface area contributed by atoms with Crippen LogP contribution in [0.15, 0.2) is 54.9 Å². The molecule has 134 valence electrons. The molecule has 3 heterocycles. The first-order valence-electron chi connectivity index (χ1n) is 7.89. The fourth-order valence-electron chi connectivity index (χ4n) is 2.61. The maximum atomic E-state index is 12.7. The number of hydrogen-bond acceptors (Lipinski definition) is 5. The fourth-order valence-corrected chi connectivity index (χ4v) is 3.90. The Hall–Kier alpha value is -2.67. The van der Waals surface area contributed by atoms with Crippen LogP contribution in [0, 0.1) is 0 Å². The highest BCUT2D eigenvalue weighted by Gasteiger charge is 2.18. The smallest absolute Gasteiger partial charge is 0.267 e. The third-order valence-corrected chi connectivity index (χ3v) is 5.81. The molecule has 3 N–H and O–H groups in total. The Kier molecular flexibility index (Phi) is 4.70. The monoisotopic (exact) mass is 414 g/mol. The summed E-state index contributed by atoms with van der Waals surface area (Å²) in [6.45, 7) is 0. The number of halogens is 2. The van der Waals surface area contributed by atoms with Crippen LogP contribution < -0.4 is 11.1 Å². The molecule has 0 fully saturated rings. The SMILES string of the molecule is Nc1c(C(=O)Nc2ccc(Cl)c(Cl)c2)sc2nc(-c3ccncc3)ccc12. The zero-order valence-corrected chi connectivity index (χ0v) is 16.1. The molecule has 0 aliphatic carbocycles. The molecule has 5 nitrogen and oxygen atoms in total. The minimum absolute atomic E-state index is 0.320. The predicted molar refractivity (Wildman–Crippen MR) is 112 cm³/mol. The highest BCUT2D eigenvalue weighted by Crippen LogP contribution is 2.35. The van der Waals surface area contributed by atoms with E-state index in [1.54, 1.807) is 30.6 Å². The van der Waals surface area contributed by atoms with Crippen LogP contribution in [-0.4, -0.2) is 15.9 Å². The molecule has 0 radical (unpaired) electrons. The number of benzene rings is 1. The van der Waals surface area contributed by atoms with E-state index in [0.29, 0.717) is 31.1 Å². The van der Waals surface area contributed by atoms with Gasteiger partial charge in [0.05, 0.1) is 21.4 Å². The van der Waals surface area contributed by atoms with E-state index in [1.165, 1.54) is 11.3 Å². The summed E-state index contributed by atoms with van der Waals surface area (Å²) in [5.74, 6) is -0.320. The lowest BCUT2D eigenvalue weighted by atomic mass is 10.1. The molecule has 8 heteroatoms. The van der Waals surface area contributed by atoms with Gasteiger partial charge in [-0.25, -0.2) is 4.98 Å². The number of nitrogens with one attached hydrogen (secondary N) is 1. The van der Waals surface area contributed by atoms with Crippen LogP contribution in [-0.2, 0) is 0 Å². The molecular formula is C19H12Cl2N4OS. The van der Waals surface area contributed by atoms with E-state index in [2.05, 4.69) is 15.3 Å². The molecule has 4 rings (SSSR count). The highest BCUT2D eigenvalue weighted by molar-refractivity contribution is 7.21. The molecule has 0 aliphatic heterocycles. The van der Waals surface area contributed by atoms with Crippen LogP contribution >= 0.6 is 34.5 Å². The molecule has 0 unspecified atom stereocenters. The predicted octanol–water partition coefficient (Wildman–Crippen LogP) is 5.50. The molecule has 1 amide bonds. The number of anilines is 2. The number of thiophene rings is 1. The van der Waals surface area contributed by atoms with Crippen molar-refractivity contribution in [3.63, 3.8) is 0 Å². The first kappa shape index (κ1) is 17.7. The van der Waals surface area contributed by atoms with Gasteiger partial charge in [-0.05, 0) is 42.5 Å². The molecule has 0 spiro atoms. The standard InChI is InChI=1S/C19H12Cl2N4OS/c20-13-3-1-11(9-14(13)21)24-18(26)17-16(22)12-2-4-15(25-19(12)27-17)10-5-7-23-8-6-10/h1-9H,22H2,(H,24,26). The number of amides is 1. The van der Waals surface area contributed by atoms with Crippen LogP contribution in [0.1, 0.15) is 9.67 Å². The van der Waals surface area contributed by atoms with Gasteiger partial charge in [0.15, 0.2) is 0 Å². The van der Waals surface area contributed by atoms with Crippen molar-refractivity contribution in [1.82, 2.24) is 9.97 Å². The van der Waals surface area contributed by atoms with Gasteiger partial charge < -0.3 is 11.1 Å². The molecule has 1 aromatic carbocycles. The number of nitrogens with two attached hydrogens (primary N) is 1. The van der Waals surface area contributed by atoms with E-state index in [-0.39, 0.29) is 5.91 Å². The Bertz CT molecular complexity index is 1160. The van der Waals surface area contributed by atoms with Crippen LogP contribution in [0.25, 0.3) is 21.5 Å². The van der Waals surface area contributed by atoms with Crippen LogP contribution in [0.5, 0.6) is 0 Å². The number of pyridine rings is 2. The molecule has 0 saturated carbocycles. The van der Waals surface area contributed by atoms with E-state index < -0.39 is 0 Å². The number of carbonyl (C=O) groups is 1. The van der Waals surface area contributed by atoms with Crippen LogP contribution in [0.4, 0.5) is 11.4 Å². The second kappa shape index (κ2) is 7.15. The van der Waals surface area contributed by atoms with Crippen molar-refractivity contribution in [1.29, 1.82) is 0 Å². The van der Waals surface area contributed by atoms with Gasteiger partial charge in [-0.2, -0.15) is 0 Å². The van der Waals surface area contributed by atoms with Gasteiger partial charge in [0.2, 0.25) is 0 Å². The molecular weight excluding hydrogens is 403 g/mol. The van der Waals surface area contributed by atoms with E-state index in [0.717, 1.165) is 16.6 Å². The van der Waals surface area contributed by atoms with Gasteiger partial charge in [-0.15, -0.1) is 11.3 Å². The summed E-state index contributed by atoms with van der Waals surface area (Å²) >= 11 is 13.1. The zero-order chi connectivity index (χ0) is 19.0. The average molecular weight is 415 g/mol. The molecule has 0 saturated heterocycles. The van der Waals surface area contributed by atoms with Gasteiger partial charge in [0.25, 0.3) is 5.91 Å². The third kappa shape index (κ3) is 3.47. The molecule has 4 aromatic rings. The average Bonchev–Trinajstić information content (AvgIpc) is 3.02. The fraction of sp³-hybridized carbons (Fsp3) is 0. The van der Waals surface area contributed by atoms with Gasteiger partial charge in [-0.3, -0.25) is 9.78 Å². The van der Waals surface area contributed by atoms with Crippen molar-refractivity contribution in [2.75, 3.05) is 11.1 Å². The summed E-state index contributed by atoms with van der Waals surface area (Å²) in [5, 5.41) is 4.32. The normalized spacial score (nSPS) is 10.9. The number of hydrogen-bond donors (Lipinski definition) is 2. The van der Waals surface area contributed by atoms with Crippen molar-refractivity contribution in [2.45, 2.75) is 0 Å². The summed E-state index contributed by atoms with van der Waals surface area (Å²) < 4.78 is 0. The maximum absolute atomic E-state index is 12.7. The Labute approximate surface area is 168 Å². The van der Waals surface area contributed by atoms with Crippen LogP contribution in [0.2, 0.25) is 10.0 Å². The lowest BCUT2D eigenvalue weighted by Crippen LogP contribution is -2.11. The Balaban J connectivity index is 1.68. The topological polar surface area (TPSA) is 80.9 Å². The number of rotatable bonds is 3. The summed E-state index contributed by atoms with van der Waals surface area (Å²) in [5.41, 5.74) is 8.87. The van der Waals surface area contributed by atoms with E-state index in [9.17, 15) is 4.79 Å². The van der Waals surface area contributed by atoms with Crippen LogP contribution in [0.3, 0.4) is 0 Å². The summed E-state index contributed by atoms with van der Waals surface area (Å²) in [6, 6.07) is 12.4. The van der Waals surface area contributed by atoms with Crippen molar-refractivity contribution in [2.24, 2.45) is 0 Å². The second-order valence-corrected chi connectivity index (χ2v) is 7.53. The van der Waals surface area contributed by atoms with Crippen molar-refractivity contribution in [3.05, 3.63) is 69.8 Å². The Morgan fingerprint density at radius 3 is 2.56 bits per heavy atom. The third-order valence-electron chi connectivity index (χ3n) is 3.95. The lowest BCUT2D eigenvalue weighted by Gasteiger charge is -2.05. The molecule has 0 aliphatic rings. The van der Waals surface area contributed by atoms with Gasteiger partial charge in [0, 0.05) is 29.0 Å². The van der Waals surface area contributed by atoms with E-state index in [4.69, 9.17) is 28.9 Å². The largest absolute Gasteiger partial charge is 0.397 e. The number of nitrogens with zero attached hydrogens (tertiary/aromatic N) is 2. The Morgan fingerprint density at radius 1 is 1.04 bits per heavy atom. The van der Waals surface area contributed by atoms with Gasteiger partial charge >= 0.3 is 0 Å². The minimum atomic E-state index is -0.320. The second-order valence-electron chi connectivity index (χ2n) is 5.71. The number of nitrogen functional groups attached to an aromatic ring is 1. The lowest BCUT2D eigenvalue weighted by molar-refractivity contribution is 0.103. The maximum Gasteiger partial charge on any atom is 0.267 e. The van der Waals surface area contributed by atoms with Gasteiger partial charge in [-0.1, -0.05) is 23.2 Å². The van der Waals surface area contributed by atoms with E-state index in [1.807, 2.05) is 24.3 Å². The highest BCUT2D eigenvalue weighted by atomic mass is 35.5. The number of aromatic nitrogens is 2. The molecule has 0 atom stereocenters.